The summed E-state index contributed by atoms with van der Waals surface area (Å²) in [5.41, 5.74) is 0.0930. The van der Waals surface area contributed by atoms with E-state index in [9.17, 15) is 23.8 Å². The normalized spacial score (nSPS) is 30.6. The van der Waals surface area contributed by atoms with Crippen LogP contribution in [0.3, 0.4) is 0 Å². The molecule has 0 saturated carbocycles. The number of piperidine rings is 1. The van der Waals surface area contributed by atoms with Crippen molar-refractivity contribution in [2.24, 2.45) is 5.92 Å². The van der Waals surface area contributed by atoms with Crippen molar-refractivity contribution in [2.45, 2.75) is 37.6 Å². The highest BCUT2D eigenvalue weighted by atomic mass is 19.1. The second-order valence-electron chi connectivity index (χ2n) is 6.40. The van der Waals surface area contributed by atoms with Gasteiger partial charge in [-0.2, -0.15) is 0 Å². The average molecular weight is 342 g/mol. The number of aliphatic carboxylic acids is 1. The molecular weight excluding hydrogens is 322 g/mol. The standard InChI is InChI=1S/C16H20F2N2O4/c17-11-5-9(20-4-3-8(7-20)16(23)24)6-12(18)14(11)10-1-2-13(21)19-15(10)22/h5-6,8,10,13,15,19,21-22H,1-4,7H2,(H,23,24)/t8?,10-,13-,15-/m0/s1. The van der Waals surface area contributed by atoms with Gasteiger partial charge >= 0.3 is 5.97 Å². The maximum Gasteiger partial charge on any atom is 0.308 e. The second-order valence-corrected chi connectivity index (χ2v) is 6.40. The Kier molecular flexibility index (Phi) is 4.71. The molecule has 4 atom stereocenters. The Balaban J connectivity index is 1.83. The minimum absolute atomic E-state index is 0.209. The molecule has 1 aromatic rings. The first-order valence-corrected chi connectivity index (χ1v) is 7.95. The largest absolute Gasteiger partial charge is 0.481 e. The minimum Gasteiger partial charge on any atom is -0.481 e. The zero-order valence-corrected chi connectivity index (χ0v) is 13.0. The van der Waals surface area contributed by atoms with Gasteiger partial charge in [0.25, 0.3) is 0 Å². The third-order valence-corrected chi connectivity index (χ3v) is 4.83. The van der Waals surface area contributed by atoms with Crippen molar-refractivity contribution in [2.75, 3.05) is 18.0 Å². The predicted molar refractivity (Wildman–Crippen MR) is 81.4 cm³/mol. The van der Waals surface area contributed by atoms with Crippen LogP contribution in [0.15, 0.2) is 12.1 Å². The van der Waals surface area contributed by atoms with Gasteiger partial charge in [-0.1, -0.05) is 0 Å². The fourth-order valence-corrected chi connectivity index (χ4v) is 3.50. The Bertz CT molecular complexity index is 619. The quantitative estimate of drug-likeness (QED) is 0.654. The van der Waals surface area contributed by atoms with Crippen LogP contribution in [0.1, 0.15) is 30.7 Å². The van der Waals surface area contributed by atoms with E-state index in [-0.39, 0.29) is 24.9 Å². The topological polar surface area (TPSA) is 93.0 Å². The monoisotopic (exact) mass is 342 g/mol. The summed E-state index contributed by atoms with van der Waals surface area (Å²) in [7, 11) is 0. The first-order valence-electron chi connectivity index (χ1n) is 7.95. The predicted octanol–water partition coefficient (Wildman–Crippen LogP) is 0.979. The molecule has 0 aliphatic carbocycles. The number of anilines is 1. The number of halogens is 2. The fourth-order valence-electron chi connectivity index (χ4n) is 3.50. The van der Waals surface area contributed by atoms with Gasteiger partial charge in [0.05, 0.1) is 5.92 Å². The number of nitrogens with zero attached hydrogens (tertiary/aromatic N) is 1. The zero-order chi connectivity index (χ0) is 17.4. The molecule has 2 heterocycles. The molecule has 1 unspecified atom stereocenters. The number of hydrogen-bond donors (Lipinski definition) is 4. The molecule has 0 bridgehead atoms. The van der Waals surface area contributed by atoms with E-state index in [0.29, 0.717) is 18.7 Å². The van der Waals surface area contributed by atoms with Crippen LogP contribution in [0.4, 0.5) is 14.5 Å². The molecule has 8 heteroatoms. The van der Waals surface area contributed by atoms with E-state index >= 15 is 0 Å². The van der Waals surface area contributed by atoms with Gasteiger partial charge in [-0.3, -0.25) is 10.1 Å². The minimum atomic E-state index is -1.23. The molecular formula is C16H20F2N2O4. The maximum atomic E-state index is 14.5. The number of rotatable bonds is 3. The molecule has 3 rings (SSSR count). The first kappa shape index (κ1) is 17.1. The Morgan fingerprint density at radius 3 is 2.38 bits per heavy atom. The van der Waals surface area contributed by atoms with E-state index < -0.39 is 41.9 Å². The third kappa shape index (κ3) is 3.22. The molecule has 0 amide bonds. The maximum absolute atomic E-state index is 14.5. The van der Waals surface area contributed by atoms with Crippen molar-refractivity contribution in [3.05, 3.63) is 29.3 Å². The van der Waals surface area contributed by atoms with Crippen LogP contribution in [-0.2, 0) is 4.79 Å². The summed E-state index contributed by atoms with van der Waals surface area (Å²) >= 11 is 0. The number of aliphatic hydroxyl groups excluding tert-OH is 2. The van der Waals surface area contributed by atoms with E-state index in [4.69, 9.17) is 5.11 Å². The van der Waals surface area contributed by atoms with Gasteiger partial charge in [0.15, 0.2) is 0 Å². The van der Waals surface area contributed by atoms with Crippen molar-refractivity contribution in [3.63, 3.8) is 0 Å². The van der Waals surface area contributed by atoms with E-state index in [1.807, 2.05) is 0 Å². The Morgan fingerprint density at radius 1 is 1.17 bits per heavy atom. The number of carboxylic acids is 1. The van der Waals surface area contributed by atoms with Crippen molar-refractivity contribution in [1.82, 2.24) is 5.32 Å². The molecule has 24 heavy (non-hydrogen) atoms. The van der Waals surface area contributed by atoms with Crippen LogP contribution in [0.2, 0.25) is 0 Å². The molecule has 6 nitrogen and oxygen atoms in total. The van der Waals surface area contributed by atoms with Crippen LogP contribution in [-0.4, -0.2) is 46.8 Å². The fraction of sp³-hybridized carbons (Fsp3) is 0.562. The lowest BCUT2D eigenvalue weighted by Crippen LogP contribution is -2.46. The average Bonchev–Trinajstić information content (AvgIpc) is 2.98. The molecule has 0 radical (unpaired) electrons. The van der Waals surface area contributed by atoms with Crippen LogP contribution in [0, 0.1) is 17.6 Å². The van der Waals surface area contributed by atoms with Gasteiger partial charge in [-0.05, 0) is 31.4 Å². The lowest BCUT2D eigenvalue weighted by Gasteiger charge is -2.33. The van der Waals surface area contributed by atoms with Crippen LogP contribution in [0.25, 0.3) is 0 Å². The molecule has 132 valence electrons. The molecule has 2 aliphatic rings. The van der Waals surface area contributed by atoms with Crippen molar-refractivity contribution in [1.29, 1.82) is 0 Å². The molecule has 2 saturated heterocycles. The van der Waals surface area contributed by atoms with Gasteiger partial charge in [0.1, 0.15) is 24.1 Å². The first-order chi connectivity index (χ1) is 11.4. The van der Waals surface area contributed by atoms with Crippen molar-refractivity contribution in [3.8, 4) is 0 Å². The second kappa shape index (κ2) is 6.62. The van der Waals surface area contributed by atoms with Gasteiger partial charge in [0, 0.05) is 30.3 Å². The highest BCUT2D eigenvalue weighted by Crippen LogP contribution is 2.35. The SMILES string of the molecule is O=C(O)C1CCN(c2cc(F)c([C@@H]3CC[C@H](O)N[C@H]3O)c(F)c2)C1. The van der Waals surface area contributed by atoms with Gasteiger partial charge in [-0.25, -0.2) is 8.78 Å². The summed E-state index contributed by atoms with van der Waals surface area (Å²) in [5.74, 6) is -3.78. The number of carbonyl (C=O) groups is 1. The van der Waals surface area contributed by atoms with E-state index in [2.05, 4.69) is 5.32 Å². The molecule has 0 spiro atoms. The lowest BCUT2D eigenvalue weighted by atomic mass is 9.88. The van der Waals surface area contributed by atoms with E-state index in [1.165, 1.54) is 12.1 Å². The van der Waals surface area contributed by atoms with Crippen molar-refractivity contribution < 1.29 is 28.9 Å². The van der Waals surface area contributed by atoms with Gasteiger partial charge in [0.2, 0.25) is 0 Å². The highest BCUT2D eigenvalue weighted by Gasteiger charge is 2.34. The Labute approximate surface area is 137 Å². The number of hydrogen-bond acceptors (Lipinski definition) is 5. The molecule has 4 N–H and O–H groups in total. The van der Waals surface area contributed by atoms with Crippen LogP contribution < -0.4 is 10.2 Å². The Hall–Kier alpha value is -1.77. The number of carboxylic acid groups (broad SMARTS) is 1. The number of nitrogens with one attached hydrogen (secondary N) is 1. The third-order valence-electron chi connectivity index (χ3n) is 4.83. The Morgan fingerprint density at radius 2 is 1.83 bits per heavy atom. The van der Waals surface area contributed by atoms with Crippen LogP contribution >= 0.6 is 0 Å². The smallest absolute Gasteiger partial charge is 0.308 e. The molecule has 2 fully saturated rings. The van der Waals surface area contributed by atoms with Crippen LogP contribution in [0.5, 0.6) is 0 Å². The zero-order valence-electron chi connectivity index (χ0n) is 13.0. The molecule has 1 aromatic carbocycles. The highest BCUT2D eigenvalue weighted by molar-refractivity contribution is 5.72. The van der Waals surface area contributed by atoms with Gasteiger partial charge in [-0.15, -0.1) is 0 Å². The molecule has 2 aliphatic heterocycles. The number of aliphatic hydroxyl groups is 2. The summed E-state index contributed by atoms with van der Waals surface area (Å²) in [6.45, 7) is 0.641. The summed E-state index contributed by atoms with van der Waals surface area (Å²) in [4.78, 5) is 12.7. The summed E-state index contributed by atoms with van der Waals surface area (Å²) in [6.07, 6.45) is -1.14. The van der Waals surface area contributed by atoms with Gasteiger partial charge < -0.3 is 20.2 Å². The lowest BCUT2D eigenvalue weighted by molar-refractivity contribution is -0.140. The molecule has 0 aromatic heterocycles. The van der Waals surface area contributed by atoms with E-state index in [1.54, 1.807) is 4.90 Å². The summed E-state index contributed by atoms with van der Waals surface area (Å²) < 4.78 is 29.0. The number of benzene rings is 1. The van der Waals surface area contributed by atoms with E-state index in [0.717, 1.165) is 0 Å². The van der Waals surface area contributed by atoms with Crippen molar-refractivity contribution >= 4 is 11.7 Å². The summed E-state index contributed by atoms with van der Waals surface area (Å²) in [5, 5.41) is 30.9. The summed E-state index contributed by atoms with van der Waals surface area (Å²) in [6, 6.07) is 2.36.